The van der Waals surface area contributed by atoms with Gasteiger partial charge in [-0.15, -0.1) is 16.8 Å². The number of ether oxygens (including phenoxy) is 1. The molecule has 0 radical (unpaired) electrons. The van der Waals surface area contributed by atoms with Gasteiger partial charge in [-0.3, -0.25) is 9.36 Å². The van der Waals surface area contributed by atoms with E-state index in [2.05, 4.69) is 22.8 Å². The van der Waals surface area contributed by atoms with Crippen molar-refractivity contribution in [3.05, 3.63) is 78.4 Å². The molecule has 27 heavy (non-hydrogen) atoms. The minimum atomic E-state index is -0.283. The van der Waals surface area contributed by atoms with Gasteiger partial charge < -0.3 is 4.74 Å². The van der Waals surface area contributed by atoms with Crippen LogP contribution >= 0.6 is 11.8 Å². The van der Waals surface area contributed by atoms with Crippen molar-refractivity contribution < 1.29 is 9.53 Å². The molecule has 3 rings (SSSR count). The van der Waals surface area contributed by atoms with E-state index in [1.807, 2.05) is 60.0 Å². The van der Waals surface area contributed by atoms with E-state index in [0.717, 1.165) is 22.5 Å². The van der Waals surface area contributed by atoms with E-state index in [4.69, 9.17) is 4.74 Å². The number of allylic oxidation sites excluding steroid dienone is 1. The van der Waals surface area contributed by atoms with Crippen molar-refractivity contribution >= 4 is 17.7 Å². The maximum atomic E-state index is 12.1. The van der Waals surface area contributed by atoms with Gasteiger partial charge in [0.15, 0.2) is 11.0 Å². The van der Waals surface area contributed by atoms with Crippen LogP contribution in [0.25, 0.3) is 11.4 Å². The Morgan fingerprint density at radius 3 is 2.74 bits per heavy atom. The second-order valence-corrected chi connectivity index (χ2v) is 6.95. The van der Waals surface area contributed by atoms with Crippen molar-refractivity contribution in [1.82, 2.24) is 14.8 Å². The standard InChI is InChI=1S/C21H21N3O2S/c1-3-12-24-20(18-11-7-8-16(2)13-18)22-23-21(24)27-15-19(25)26-14-17-9-5-4-6-10-17/h3-11,13H,1,12,14-15H2,2H3. The van der Waals surface area contributed by atoms with Crippen molar-refractivity contribution in [3.63, 3.8) is 0 Å². The molecule has 0 saturated carbocycles. The highest BCUT2D eigenvalue weighted by molar-refractivity contribution is 7.99. The monoisotopic (exact) mass is 379 g/mol. The van der Waals surface area contributed by atoms with Gasteiger partial charge in [0.05, 0.1) is 5.75 Å². The van der Waals surface area contributed by atoms with Gasteiger partial charge in [-0.25, -0.2) is 0 Å². The number of carbonyl (C=O) groups is 1. The van der Waals surface area contributed by atoms with E-state index in [1.54, 1.807) is 6.08 Å². The van der Waals surface area contributed by atoms with Crippen molar-refractivity contribution in [3.8, 4) is 11.4 Å². The third-order valence-electron chi connectivity index (χ3n) is 3.87. The number of rotatable bonds is 8. The molecule has 6 heteroatoms. The Hall–Kier alpha value is -2.86. The van der Waals surface area contributed by atoms with Gasteiger partial charge >= 0.3 is 5.97 Å². The number of aromatic nitrogens is 3. The summed E-state index contributed by atoms with van der Waals surface area (Å²) < 4.78 is 7.27. The zero-order valence-electron chi connectivity index (χ0n) is 15.2. The van der Waals surface area contributed by atoms with E-state index < -0.39 is 0 Å². The largest absolute Gasteiger partial charge is 0.460 e. The molecule has 0 aliphatic rings. The predicted octanol–water partition coefficient (Wildman–Crippen LogP) is 4.28. The van der Waals surface area contributed by atoms with Crippen LogP contribution in [0, 0.1) is 6.92 Å². The van der Waals surface area contributed by atoms with Crippen LogP contribution < -0.4 is 0 Å². The minimum absolute atomic E-state index is 0.177. The predicted molar refractivity (Wildman–Crippen MR) is 107 cm³/mol. The SMILES string of the molecule is C=CCn1c(SCC(=O)OCc2ccccc2)nnc1-c1cccc(C)c1. The lowest BCUT2D eigenvalue weighted by Crippen LogP contribution is -2.08. The van der Waals surface area contributed by atoms with Crippen LogP contribution in [0.3, 0.4) is 0 Å². The Labute approximate surface area is 163 Å². The topological polar surface area (TPSA) is 57.0 Å². The van der Waals surface area contributed by atoms with Crippen LogP contribution in [-0.4, -0.2) is 26.5 Å². The number of esters is 1. The summed E-state index contributed by atoms with van der Waals surface area (Å²) in [5.41, 5.74) is 3.11. The smallest absolute Gasteiger partial charge is 0.316 e. The molecule has 0 fully saturated rings. The number of hydrogen-bond acceptors (Lipinski definition) is 5. The number of thioether (sulfide) groups is 1. The van der Waals surface area contributed by atoms with Crippen LogP contribution in [0.1, 0.15) is 11.1 Å². The van der Waals surface area contributed by atoms with E-state index in [1.165, 1.54) is 11.8 Å². The first-order chi connectivity index (χ1) is 13.2. The Balaban J connectivity index is 1.66. The Bertz CT molecular complexity index is 922. The zero-order valence-corrected chi connectivity index (χ0v) is 16.0. The van der Waals surface area contributed by atoms with Crippen LogP contribution in [0.5, 0.6) is 0 Å². The van der Waals surface area contributed by atoms with Crippen LogP contribution in [0.2, 0.25) is 0 Å². The highest BCUT2D eigenvalue weighted by Gasteiger charge is 2.15. The molecule has 0 N–H and O–H groups in total. The molecule has 0 aliphatic heterocycles. The number of benzene rings is 2. The van der Waals surface area contributed by atoms with E-state index in [-0.39, 0.29) is 18.3 Å². The molecule has 3 aromatic rings. The highest BCUT2D eigenvalue weighted by Crippen LogP contribution is 2.25. The molecule has 5 nitrogen and oxygen atoms in total. The maximum absolute atomic E-state index is 12.1. The van der Waals surface area contributed by atoms with E-state index in [9.17, 15) is 4.79 Å². The summed E-state index contributed by atoms with van der Waals surface area (Å²) in [4.78, 5) is 12.1. The third kappa shape index (κ3) is 5.08. The Morgan fingerprint density at radius 1 is 1.19 bits per heavy atom. The second kappa shape index (κ2) is 9.19. The van der Waals surface area contributed by atoms with Crippen molar-refractivity contribution in [2.45, 2.75) is 25.2 Å². The highest BCUT2D eigenvalue weighted by atomic mass is 32.2. The zero-order chi connectivity index (χ0) is 19.1. The summed E-state index contributed by atoms with van der Waals surface area (Å²) in [6.45, 7) is 6.69. The van der Waals surface area contributed by atoms with Gasteiger partial charge in [0, 0.05) is 12.1 Å². The van der Waals surface area contributed by atoms with Crippen molar-refractivity contribution in [1.29, 1.82) is 0 Å². The summed E-state index contributed by atoms with van der Waals surface area (Å²) >= 11 is 1.32. The second-order valence-electron chi connectivity index (χ2n) is 6.01. The molecule has 0 aliphatic carbocycles. The normalized spacial score (nSPS) is 10.6. The molecule has 0 saturated heterocycles. The Kier molecular flexibility index (Phi) is 6.44. The number of aryl methyl sites for hydroxylation is 1. The first-order valence-electron chi connectivity index (χ1n) is 8.61. The number of nitrogens with zero attached hydrogens (tertiary/aromatic N) is 3. The molecule has 0 bridgehead atoms. The molecular weight excluding hydrogens is 358 g/mol. The van der Waals surface area contributed by atoms with Crippen molar-refractivity contribution in [2.24, 2.45) is 0 Å². The molecule has 0 spiro atoms. The van der Waals surface area contributed by atoms with Gasteiger partial charge in [-0.05, 0) is 18.6 Å². The van der Waals surface area contributed by atoms with Crippen LogP contribution in [-0.2, 0) is 22.7 Å². The van der Waals surface area contributed by atoms with Gasteiger partial charge in [0.1, 0.15) is 6.61 Å². The summed E-state index contributed by atoms with van der Waals surface area (Å²) in [6, 6.07) is 17.7. The third-order valence-corrected chi connectivity index (χ3v) is 4.81. The molecule has 1 heterocycles. The average Bonchev–Trinajstić information content (AvgIpc) is 3.08. The van der Waals surface area contributed by atoms with Gasteiger partial charge in [0.2, 0.25) is 0 Å². The molecule has 0 amide bonds. The molecule has 2 aromatic carbocycles. The minimum Gasteiger partial charge on any atom is -0.460 e. The van der Waals surface area contributed by atoms with Crippen LogP contribution in [0.4, 0.5) is 0 Å². The summed E-state index contributed by atoms with van der Waals surface area (Å²) in [5.74, 6) is 0.656. The number of hydrogen-bond donors (Lipinski definition) is 0. The van der Waals surface area contributed by atoms with Crippen LogP contribution in [0.15, 0.2) is 72.4 Å². The van der Waals surface area contributed by atoms with Gasteiger partial charge in [-0.1, -0.05) is 71.9 Å². The molecular formula is C21H21N3O2S. The van der Waals surface area contributed by atoms with Gasteiger partial charge in [0.25, 0.3) is 0 Å². The van der Waals surface area contributed by atoms with Gasteiger partial charge in [-0.2, -0.15) is 0 Å². The van der Waals surface area contributed by atoms with Crippen molar-refractivity contribution in [2.75, 3.05) is 5.75 Å². The summed E-state index contributed by atoms with van der Waals surface area (Å²) in [7, 11) is 0. The maximum Gasteiger partial charge on any atom is 0.316 e. The number of carbonyl (C=O) groups excluding carboxylic acids is 1. The summed E-state index contributed by atoms with van der Waals surface area (Å²) in [6.07, 6.45) is 1.79. The average molecular weight is 379 g/mol. The van der Waals surface area contributed by atoms with E-state index >= 15 is 0 Å². The fourth-order valence-electron chi connectivity index (χ4n) is 2.59. The van der Waals surface area contributed by atoms with E-state index in [0.29, 0.717) is 11.7 Å². The lowest BCUT2D eigenvalue weighted by atomic mass is 10.1. The molecule has 1 aromatic heterocycles. The summed E-state index contributed by atoms with van der Waals surface area (Å²) in [5, 5.41) is 9.23. The fraction of sp³-hybridized carbons (Fsp3) is 0.190. The first-order valence-corrected chi connectivity index (χ1v) is 9.59. The molecule has 0 unspecified atom stereocenters. The first kappa shape index (κ1) is 18.9. The Morgan fingerprint density at radius 2 is 2.00 bits per heavy atom. The quantitative estimate of drug-likeness (QED) is 0.332. The molecule has 138 valence electrons. The fourth-order valence-corrected chi connectivity index (χ4v) is 3.34. The lowest BCUT2D eigenvalue weighted by molar-refractivity contribution is -0.141. The lowest BCUT2D eigenvalue weighted by Gasteiger charge is -2.08. The molecule has 0 atom stereocenters.